The van der Waals surface area contributed by atoms with Crippen LogP contribution in [0.5, 0.6) is 0 Å². The zero-order valence-corrected chi connectivity index (χ0v) is 10.5. The first-order chi connectivity index (χ1) is 7.79. The Bertz CT molecular complexity index is 309. The number of rotatable bonds is 5. The Balaban J connectivity index is 1.73. The van der Waals surface area contributed by atoms with Gasteiger partial charge in [-0.25, -0.2) is 0 Å². The molecule has 0 heterocycles. The molecule has 2 rings (SSSR count). The van der Waals surface area contributed by atoms with E-state index in [2.05, 4.69) is 43.4 Å². The van der Waals surface area contributed by atoms with Gasteiger partial charge in [0.05, 0.1) is 0 Å². The first-order valence-electron chi connectivity index (χ1n) is 6.59. The molecule has 1 saturated carbocycles. The second-order valence-corrected chi connectivity index (χ2v) is 5.08. The Kier molecular flexibility index (Phi) is 4.00. The van der Waals surface area contributed by atoms with E-state index in [-0.39, 0.29) is 0 Å². The normalized spacial score (nSPS) is 24.1. The quantitative estimate of drug-likeness (QED) is 0.743. The number of aryl methyl sites for hydroxylation is 1. The van der Waals surface area contributed by atoms with E-state index in [1.54, 1.807) is 0 Å². The van der Waals surface area contributed by atoms with Crippen molar-refractivity contribution in [3.63, 3.8) is 0 Å². The van der Waals surface area contributed by atoms with E-state index in [9.17, 15) is 0 Å². The summed E-state index contributed by atoms with van der Waals surface area (Å²) in [6, 6.07) is 9.82. The van der Waals surface area contributed by atoms with Gasteiger partial charge in [-0.3, -0.25) is 0 Å². The van der Waals surface area contributed by atoms with Gasteiger partial charge in [-0.2, -0.15) is 0 Å². The third-order valence-corrected chi connectivity index (χ3v) is 3.65. The molecule has 1 aromatic carbocycles. The van der Waals surface area contributed by atoms with Gasteiger partial charge in [0, 0.05) is 6.04 Å². The van der Waals surface area contributed by atoms with Gasteiger partial charge in [0.2, 0.25) is 0 Å². The van der Waals surface area contributed by atoms with Gasteiger partial charge in [-0.05, 0) is 44.2 Å². The minimum atomic E-state index is 0.776. The van der Waals surface area contributed by atoms with E-state index in [4.69, 9.17) is 0 Å². The maximum Gasteiger partial charge on any atom is 0.00787 e. The molecule has 0 aromatic heterocycles. The molecule has 1 nitrogen and oxygen atoms in total. The van der Waals surface area contributed by atoms with E-state index in [1.807, 2.05) is 0 Å². The molecule has 0 amide bonds. The molecule has 0 spiro atoms. The van der Waals surface area contributed by atoms with Crippen LogP contribution in [0.25, 0.3) is 0 Å². The standard InChI is InChI=1S/C15H23N/c1-3-4-9-16-15-10-14(11-15)13-7-5-12(2)6-8-13/h5-8,14-16H,3-4,9-11H2,1-2H3. The van der Waals surface area contributed by atoms with Crippen molar-refractivity contribution >= 4 is 0 Å². The molecule has 0 unspecified atom stereocenters. The lowest BCUT2D eigenvalue weighted by Crippen LogP contribution is -2.40. The second kappa shape index (κ2) is 5.49. The van der Waals surface area contributed by atoms with E-state index >= 15 is 0 Å². The number of hydrogen-bond acceptors (Lipinski definition) is 1. The van der Waals surface area contributed by atoms with Crippen LogP contribution in [0, 0.1) is 6.92 Å². The molecule has 0 atom stereocenters. The van der Waals surface area contributed by atoms with Crippen LogP contribution < -0.4 is 5.32 Å². The topological polar surface area (TPSA) is 12.0 Å². The Morgan fingerprint density at radius 2 is 1.88 bits per heavy atom. The molecule has 88 valence electrons. The molecule has 1 N–H and O–H groups in total. The number of unbranched alkanes of at least 4 members (excludes halogenated alkanes) is 1. The van der Waals surface area contributed by atoms with Crippen LogP contribution in [0.3, 0.4) is 0 Å². The van der Waals surface area contributed by atoms with Crippen LogP contribution in [0.1, 0.15) is 49.7 Å². The zero-order chi connectivity index (χ0) is 11.4. The van der Waals surface area contributed by atoms with Crippen molar-refractivity contribution in [3.8, 4) is 0 Å². The molecular formula is C15H23N. The first kappa shape index (κ1) is 11.7. The molecule has 16 heavy (non-hydrogen) atoms. The molecule has 1 heteroatoms. The highest BCUT2D eigenvalue weighted by Gasteiger charge is 2.29. The van der Waals surface area contributed by atoms with Gasteiger partial charge >= 0.3 is 0 Å². The van der Waals surface area contributed by atoms with E-state index < -0.39 is 0 Å². The molecule has 1 aliphatic carbocycles. The summed E-state index contributed by atoms with van der Waals surface area (Å²) in [7, 11) is 0. The minimum absolute atomic E-state index is 0.776. The van der Waals surface area contributed by atoms with Crippen LogP contribution in [-0.2, 0) is 0 Å². The van der Waals surface area contributed by atoms with Gasteiger partial charge < -0.3 is 5.32 Å². The average molecular weight is 217 g/mol. The summed E-state index contributed by atoms with van der Waals surface area (Å²) in [6.07, 6.45) is 5.26. The van der Waals surface area contributed by atoms with E-state index in [1.165, 1.54) is 43.4 Å². The third-order valence-electron chi connectivity index (χ3n) is 3.65. The monoisotopic (exact) mass is 217 g/mol. The predicted octanol–water partition coefficient (Wildman–Crippen LogP) is 3.63. The largest absolute Gasteiger partial charge is 0.314 e. The third kappa shape index (κ3) is 2.85. The Morgan fingerprint density at radius 3 is 2.50 bits per heavy atom. The maximum absolute atomic E-state index is 3.63. The number of nitrogens with one attached hydrogen (secondary N) is 1. The van der Waals surface area contributed by atoms with Crippen molar-refractivity contribution in [2.24, 2.45) is 0 Å². The highest BCUT2D eigenvalue weighted by molar-refractivity contribution is 5.26. The highest BCUT2D eigenvalue weighted by atomic mass is 14.9. The molecule has 1 aliphatic rings. The average Bonchev–Trinajstić information content (AvgIpc) is 2.23. The van der Waals surface area contributed by atoms with Gasteiger partial charge in [0.15, 0.2) is 0 Å². The lowest BCUT2D eigenvalue weighted by molar-refractivity contribution is 0.290. The van der Waals surface area contributed by atoms with Crippen molar-refractivity contribution in [1.29, 1.82) is 0 Å². The van der Waals surface area contributed by atoms with Crippen molar-refractivity contribution in [2.45, 2.75) is 51.5 Å². The molecule has 1 fully saturated rings. The predicted molar refractivity (Wildman–Crippen MR) is 69.9 cm³/mol. The minimum Gasteiger partial charge on any atom is -0.314 e. The maximum atomic E-state index is 3.63. The fraction of sp³-hybridized carbons (Fsp3) is 0.600. The van der Waals surface area contributed by atoms with Crippen molar-refractivity contribution in [1.82, 2.24) is 5.32 Å². The summed E-state index contributed by atoms with van der Waals surface area (Å²) in [5, 5.41) is 3.63. The van der Waals surface area contributed by atoms with Crippen LogP contribution in [0.15, 0.2) is 24.3 Å². The molecule has 0 bridgehead atoms. The van der Waals surface area contributed by atoms with Crippen molar-refractivity contribution < 1.29 is 0 Å². The van der Waals surface area contributed by atoms with Gasteiger partial charge in [0.25, 0.3) is 0 Å². The first-order valence-corrected chi connectivity index (χ1v) is 6.59. The molecule has 0 saturated heterocycles. The smallest absolute Gasteiger partial charge is 0.00787 e. The Labute approximate surface area is 99.3 Å². The summed E-state index contributed by atoms with van der Waals surface area (Å²) in [5.41, 5.74) is 2.89. The van der Waals surface area contributed by atoms with Crippen molar-refractivity contribution in [3.05, 3.63) is 35.4 Å². The summed E-state index contributed by atoms with van der Waals surface area (Å²) >= 11 is 0. The van der Waals surface area contributed by atoms with E-state index in [0.717, 1.165) is 12.0 Å². The summed E-state index contributed by atoms with van der Waals surface area (Å²) in [4.78, 5) is 0. The van der Waals surface area contributed by atoms with Crippen LogP contribution in [0.4, 0.5) is 0 Å². The molecule has 0 radical (unpaired) electrons. The Morgan fingerprint density at radius 1 is 1.19 bits per heavy atom. The molecule has 1 aromatic rings. The fourth-order valence-corrected chi connectivity index (χ4v) is 2.38. The van der Waals surface area contributed by atoms with Gasteiger partial charge in [0.1, 0.15) is 0 Å². The second-order valence-electron chi connectivity index (χ2n) is 5.08. The Hall–Kier alpha value is -0.820. The summed E-state index contributed by atoms with van der Waals surface area (Å²) < 4.78 is 0. The van der Waals surface area contributed by atoms with E-state index in [0.29, 0.717) is 0 Å². The lowest BCUT2D eigenvalue weighted by Gasteiger charge is -2.36. The summed E-state index contributed by atoms with van der Waals surface area (Å²) in [5.74, 6) is 0.805. The van der Waals surface area contributed by atoms with Crippen molar-refractivity contribution in [2.75, 3.05) is 6.54 Å². The lowest BCUT2D eigenvalue weighted by atomic mass is 9.76. The van der Waals surface area contributed by atoms with Gasteiger partial charge in [-0.1, -0.05) is 43.2 Å². The number of benzene rings is 1. The van der Waals surface area contributed by atoms with Crippen LogP contribution in [0.2, 0.25) is 0 Å². The fourth-order valence-electron chi connectivity index (χ4n) is 2.38. The van der Waals surface area contributed by atoms with Gasteiger partial charge in [-0.15, -0.1) is 0 Å². The van der Waals surface area contributed by atoms with Crippen LogP contribution in [-0.4, -0.2) is 12.6 Å². The number of hydrogen-bond donors (Lipinski definition) is 1. The highest BCUT2D eigenvalue weighted by Crippen LogP contribution is 2.36. The SMILES string of the molecule is CCCCNC1CC(c2ccc(C)cc2)C1. The molecular weight excluding hydrogens is 194 g/mol. The zero-order valence-electron chi connectivity index (χ0n) is 10.5. The summed E-state index contributed by atoms with van der Waals surface area (Å²) in [6.45, 7) is 5.60. The molecule has 0 aliphatic heterocycles. The van der Waals surface area contributed by atoms with Crippen LogP contribution >= 0.6 is 0 Å².